The number of pyridine rings is 1. The molecule has 2 fully saturated rings. The van der Waals surface area contributed by atoms with Gasteiger partial charge in [0.25, 0.3) is 0 Å². The smallest absolute Gasteiger partial charge is 0.407 e. The molecular formula is C22H29N5O5. The fraction of sp³-hybridized carbons (Fsp3) is 0.591. The van der Waals surface area contributed by atoms with Gasteiger partial charge in [0.05, 0.1) is 23.9 Å². The Hall–Kier alpha value is -3.17. The van der Waals surface area contributed by atoms with Crippen molar-refractivity contribution in [3.63, 3.8) is 0 Å². The van der Waals surface area contributed by atoms with Crippen LogP contribution in [0.15, 0.2) is 18.3 Å². The average molecular weight is 444 g/mol. The number of rotatable bonds is 9. The van der Waals surface area contributed by atoms with Crippen molar-refractivity contribution in [2.45, 2.75) is 57.7 Å². The first kappa shape index (κ1) is 22.0. The number of carboxylic acid groups (broad SMARTS) is 1. The molecule has 2 N–H and O–H groups in total. The number of hydrogen-bond donors (Lipinski definition) is 2. The monoisotopic (exact) mass is 443 g/mol. The molecule has 172 valence electrons. The van der Waals surface area contributed by atoms with Gasteiger partial charge in [-0.1, -0.05) is 18.1 Å². The number of nitrogens with zero attached hydrogens (tertiary/aromatic N) is 4. The van der Waals surface area contributed by atoms with E-state index in [1.165, 1.54) is 12.8 Å². The molecule has 0 unspecified atom stereocenters. The number of ether oxygens (including phenoxy) is 2. The standard InChI is InChI=1S/C22H29N5O5/c1-27-19(13-31-22(30)23-10-9-14-5-6-14)20(25-26-27)18-8-7-17(12-24-18)32-16-4-2-3-15(11-16)21(28)29/h7-8,12,14-16H,2-6,9-11,13H2,1H3,(H,23,30)(H,28,29)/t15-,16-/m0/s1. The fourth-order valence-corrected chi connectivity index (χ4v) is 3.97. The molecule has 10 heteroatoms. The van der Waals surface area contributed by atoms with Crippen LogP contribution in [-0.2, 0) is 23.2 Å². The number of carboxylic acids is 1. The zero-order valence-electron chi connectivity index (χ0n) is 18.2. The molecule has 1 amide bonds. The van der Waals surface area contributed by atoms with Gasteiger partial charge in [0.1, 0.15) is 23.7 Å². The quantitative estimate of drug-likeness (QED) is 0.605. The third-order valence-electron chi connectivity index (χ3n) is 6.06. The van der Waals surface area contributed by atoms with Crippen molar-refractivity contribution in [1.82, 2.24) is 25.3 Å². The van der Waals surface area contributed by atoms with E-state index in [0.29, 0.717) is 42.2 Å². The highest BCUT2D eigenvalue weighted by molar-refractivity contribution is 5.70. The number of alkyl carbamates (subject to hydrolysis) is 1. The van der Waals surface area contributed by atoms with Gasteiger partial charge in [-0.05, 0) is 50.2 Å². The van der Waals surface area contributed by atoms with E-state index in [1.807, 2.05) is 0 Å². The maximum absolute atomic E-state index is 11.9. The van der Waals surface area contributed by atoms with Crippen LogP contribution < -0.4 is 10.1 Å². The summed E-state index contributed by atoms with van der Waals surface area (Å²) < 4.78 is 12.9. The topological polar surface area (TPSA) is 128 Å². The number of aryl methyl sites for hydroxylation is 1. The summed E-state index contributed by atoms with van der Waals surface area (Å²) in [6, 6.07) is 3.56. The molecule has 2 aromatic heterocycles. The van der Waals surface area contributed by atoms with Gasteiger partial charge >= 0.3 is 12.1 Å². The van der Waals surface area contributed by atoms with Crippen LogP contribution in [0.5, 0.6) is 5.75 Å². The second-order valence-electron chi connectivity index (χ2n) is 8.56. The lowest BCUT2D eigenvalue weighted by atomic mass is 9.87. The van der Waals surface area contributed by atoms with Crippen LogP contribution in [0.2, 0.25) is 0 Å². The van der Waals surface area contributed by atoms with Crippen molar-refractivity contribution in [3.05, 3.63) is 24.0 Å². The Morgan fingerprint density at radius 3 is 2.81 bits per heavy atom. The molecule has 0 aliphatic heterocycles. The largest absolute Gasteiger partial charge is 0.489 e. The molecule has 32 heavy (non-hydrogen) atoms. The second kappa shape index (κ2) is 9.97. The molecule has 4 rings (SSSR count). The van der Waals surface area contributed by atoms with Gasteiger partial charge in [-0.3, -0.25) is 9.78 Å². The summed E-state index contributed by atoms with van der Waals surface area (Å²) in [6.07, 6.45) is 7.38. The summed E-state index contributed by atoms with van der Waals surface area (Å²) in [5.41, 5.74) is 1.76. The first-order valence-electron chi connectivity index (χ1n) is 11.1. The number of aliphatic carboxylic acids is 1. The predicted molar refractivity (Wildman–Crippen MR) is 114 cm³/mol. The molecular weight excluding hydrogens is 414 g/mol. The number of nitrogens with one attached hydrogen (secondary N) is 1. The lowest BCUT2D eigenvalue weighted by molar-refractivity contribution is -0.143. The Balaban J connectivity index is 1.33. The van der Waals surface area contributed by atoms with E-state index in [2.05, 4.69) is 20.6 Å². The zero-order chi connectivity index (χ0) is 22.5. The fourth-order valence-electron chi connectivity index (χ4n) is 3.97. The zero-order valence-corrected chi connectivity index (χ0v) is 18.2. The Bertz CT molecular complexity index is 941. The minimum absolute atomic E-state index is 0.0344. The number of hydrogen-bond acceptors (Lipinski definition) is 7. The number of aromatic nitrogens is 4. The molecule has 2 aliphatic carbocycles. The second-order valence-corrected chi connectivity index (χ2v) is 8.56. The maximum Gasteiger partial charge on any atom is 0.407 e. The van der Waals surface area contributed by atoms with Crippen molar-refractivity contribution in [1.29, 1.82) is 0 Å². The van der Waals surface area contributed by atoms with Gasteiger partial charge in [-0.2, -0.15) is 0 Å². The van der Waals surface area contributed by atoms with E-state index in [-0.39, 0.29) is 18.6 Å². The number of amides is 1. The van der Waals surface area contributed by atoms with Crippen LogP contribution in [0.1, 0.15) is 50.6 Å². The summed E-state index contributed by atoms with van der Waals surface area (Å²) in [5.74, 6) is 0.217. The molecule has 2 saturated carbocycles. The van der Waals surface area contributed by atoms with E-state index < -0.39 is 12.1 Å². The van der Waals surface area contributed by atoms with E-state index in [1.54, 1.807) is 30.1 Å². The lowest BCUT2D eigenvalue weighted by Gasteiger charge is -2.27. The minimum atomic E-state index is -0.763. The predicted octanol–water partition coefficient (Wildman–Crippen LogP) is 2.93. The van der Waals surface area contributed by atoms with Crippen LogP contribution in [0, 0.1) is 11.8 Å². The van der Waals surface area contributed by atoms with Crippen LogP contribution in [-0.4, -0.2) is 49.8 Å². The van der Waals surface area contributed by atoms with E-state index in [4.69, 9.17) is 9.47 Å². The van der Waals surface area contributed by atoms with E-state index in [9.17, 15) is 14.7 Å². The molecule has 2 aromatic rings. The van der Waals surface area contributed by atoms with Crippen molar-refractivity contribution in [2.24, 2.45) is 18.9 Å². The highest BCUT2D eigenvalue weighted by Crippen LogP contribution is 2.31. The minimum Gasteiger partial charge on any atom is -0.489 e. The SMILES string of the molecule is Cn1nnc(-c2ccc(O[C@H]3CCC[C@H](C(=O)O)C3)cn2)c1COC(=O)NCCC1CC1. The third kappa shape index (κ3) is 5.74. The van der Waals surface area contributed by atoms with E-state index >= 15 is 0 Å². The molecule has 0 radical (unpaired) electrons. The van der Waals surface area contributed by atoms with Crippen molar-refractivity contribution >= 4 is 12.1 Å². The molecule has 2 atom stereocenters. The van der Waals surface area contributed by atoms with Gasteiger partial charge < -0.3 is 19.9 Å². The summed E-state index contributed by atoms with van der Waals surface area (Å²) in [5, 5.41) is 20.2. The molecule has 2 aliphatic rings. The van der Waals surface area contributed by atoms with Gasteiger partial charge in [-0.15, -0.1) is 5.10 Å². The average Bonchev–Trinajstić information content (AvgIpc) is 3.54. The molecule has 0 aromatic carbocycles. The Labute approximate surface area is 186 Å². The maximum atomic E-state index is 11.9. The van der Waals surface area contributed by atoms with Gasteiger partial charge in [0.15, 0.2) is 0 Å². The van der Waals surface area contributed by atoms with Crippen LogP contribution in [0.3, 0.4) is 0 Å². The molecule has 2 heterocycles. The highest BCUT2D eigenvalue weighted by Gasteiger charge is 2.28. The van der Waals surface area contributed by atoms with Gasteiger partial charge in [0.2, 0.25) is 0 Å². The van der Waals surface area contributed by atoms with E-state index in [0.717, 1.165) is 25.2 Å². The lowest BCUT2D eigenvalue weighted by Crippen LogP contribution is -2.29. The number of carbonyl (C=O) groups excluding carboxylic acids is 1. The number of carbonyl (C=O) groups is 2. The Morgan fingerprint density at radius 1 is 1.25 bits per heavy atom. The van der Waals surface area contributed by atoms with Crippen molar-refractivity contribution < 1.29 is 24.2 Å². The molecule has 0 spiro atoms. The van der Waals surface area contributed by atoms with Crippen molar-refractivity contribution in [3.8, 4) is 17.1 Å². The first-order valence-corrected chi connectivity index (χ1v) is 11.1. The first-order chi connectivity index (χ1) is 15.5. The molecule has 10 nitrogen and oxygen atoms in total. The Morgan fingerprint density at radius 2 is 2.09 bits per heavy atom. The molecule has 0 saturated heterocycles. The van der Waals surface area contributed by atoms with Crippen LogP contribution in [0.25, 0.3) is 11.4 Å². The van der Waals surface area contributed by atoms with Gasteiger partial charge in [-0.25, -0.2) is 9.48 Å². The summed E-state index contributed by atoms with van der Waals surface area (Å²) >= 11 is 0. The third-order valence-corrected chi connectivity index (χ3v) is 6.06. The Kier molecular flexibility index (Phi) is 6.87. The summed E-state index contributed by atoms with van der Waals surface area (Å²) in [4.78, 5) is 27.6. The highest BCUT2D eigenvalue weighted by atomic mass is 16.5. The summed E-state index contributed by atoms with van der Waals surface area (Å²) in [6.45, 7) is 0.657. The molecule has 0 bridgehead atoms. The van der Waals surface area contributed by atoms with Gasteiger partial charge in [0, 0.05) is 13.6 Å². The normalized spacial score (nSPS) is 20.5. The van der Waals surface area contributed by atoms with Crippen LogP contribution in [0.4, 0.5) is 4.79 Å². The van der Waals surface area contributed by atoms with Crippen molar-refractivity contribution in [2.75, 3.05) is 6.54 Å². The van der Waals surface area contributed by atoms with Crippen LogP contribution >= 0.6 is 0 Å². The summed E-state index contributed by atoms with van der Waals surface area (Å²) in [7, 11) is 1.74.